The minimum Gasteiger partial charge on any atom is -0.368 e. The number of ether oxygens (including phenoxy) is 1. The number of fused-ring (bicyclic) bond motifs is 1. The van der Waals surface area contributed by atoms with E-state index in [0.29, 0.717) is 19.2 Å². The minimum absolute atomic E-state index is 0.160. The number of benzene rings is 1. The Bertz CT molecular complexity index is 690. The molecule has 1 atom stereocenters. The average molecular weight is 296 g/mol. The molecule has 1 saturated heterocycles. The van der Waals surface area contributed by atoms with E-state index in [9.17, 15) is 4.79 Å². The molecule has 0 bridgehead atoms. The zero-order valence-corrected chi connectivity index (χ0v) is 12.6. The van der Waals surface area contributed by atoms with Crippen molar-refractivity contribution >= 4 is 16.8 Å². The molecular formula is C18H20N2O2. The number of rotatable bonds is 4. The van der Waals surface area contributed by atoms with Crippen molar-refractivity contribution in [1.82, 2.24) is 9.88 Å². The first kappa shape index (κ1) is 13.7. The van der Waals surface area contributed by atoms with Gasteiger partial charge in [0.15, 0.2) is 0 Å². The molecule has 1 aliphatic carbocycles. The molecule has 22 heavy (non-hydrogen) atoms. The Kier molecular flexibility index (Phi) is 3.54. The first-order valence-corrected chi connectivity index (χ1v) is 8.07. The van der Waals surface area contributed by atoms with Gasteiger partial charge >= 0.3 is 0 Å². The van der Waals surface area contributed by atoms with E-state index in [1.807, 2.05) is 29.3 Å². The summed E-state index contributed by atoms with van der Waals surface area (Å²) >= 11 is 0. The number of hydrogen-bond donors (Lipinski definition) is 0. The number of amides is 1. The molecule has 0 radical (unpaired) electrons. The zero-order valence-electron chi connectivity index (χ0n) is 12.6. The summed E-state index contributed by atoms with van der Waals surface area (Å²) in [4.78, 5) is 19.2. The highest BCUT2D eigenvalue weighted by molar-refractivity contribution is 5.82. The van der Waals surface area contributed by atoms with Gasteiger partial charge in [0.2, 0.25) is 0 Å². The Labute approximate surface area is 130 Å². The number of para-hydroxylation sites is 1. The van der Waals surface area contributed by atoms with Crippen LogP contribution in [0.15, 0.2) is 36.5 Å². The molecule has 1 aromatic carbocycles. The molecule has 2 aliphatic rings. The molecule has 2 heterocycles. The number of nitrogens with zero attached hydrogens (tertiary/aromatic N) is 2. The van der Waals surface area contributed by atoms with Crippen molar-refractivity contribution in [2.75, 3.05) is 6.61 Å². The second-order valence-corrected chi connectivity index (χ2v) is 6.24. The number of carbonyl (C=O) groups excluding carboxylic acids is 1. The van der Waals surface area contributed by atoms with Gasteiger partial charge in [0.05, 0.1) is 5.52 Å². The lowest BCUT2D eigenvalue weighted by Gasteiger charge is -2.25. The van der Waals surface area contributed by atoms with Gasteiger partial charge < -0.3 is 9.64 Å². The Morgan fingerprint density at radius 1 is 1.27 bits per heavy atom. The molecule has 1 aromatic heterocycles. The van der Waals surface area contributed by atoms with Crippen LogP contribution in [0, 0.1) is 0 Å². The van der Waals surface area contributed by atoms with Crippen LogP contribution in [0.4, 0.5) is 0 Å². The van der Waals surface area contributed by atoms with Crippen LogP contribution in [-0.2, 0) is 16.1 Å². The SMILES string of the molecule is O=C([C@@H]1CCCO1)N(Cc1cnc2ccccc2c1)C1CC1. The van der Waals surface area contributed by atoms with Gasteiger partial charge in [0.25, 0.3) is 5.91 Å². The predicted molar refractivity (Wildman–Crippen MR) is 84.3 cm³/mol. The Balaban J connectivity index is 1.56. The van der Waals surface area contributed by atoms with Crippen molar-refractivity contribution in [3.63, 3.8) is 0 Å². The van der Waals surface area contributed by atoms with Crippen molar-refractivity contribution in [3.05, 3.63) is 42.1 Å². The summed E-state index contributed by atoms with van der Waals surface area (Å²) in [6.45, 7) is 1.35. The monoisotopic (exact) mass is 296 g/mol. The van der Waals surface area contributed by atoms with Crippen LogP contribution >= 0.6 is 0 Å². The molecular weight excluding hydrogens is 276 g/mol. The number of carbonyl (C=O) groups is 1. The molecule has 4 nitrogen and oxygen atoms in total. The van der Waals surface area contributed by atoms with E-state index in [-0.39, 0.29) is 12.0 Å². The van der Waals surface area contributed by atoms with E-state index < -0.39 is 0 Å². The van der Waals surface area contributed by atoms with Gasteiger partial charge in [-0.1, -0.05) is 18.2 Å². The zero-order chi connectivity index (χ0) is 14.9. The van der Waals surface area contributed by atoms with Crippen molar-refractivity contribution < 1.29 is 9.53 Å². The van der Waals surface area contributed by atoms with Crippen molar-refractivity contribution in [2.45, 2.75) is 44.4 Å². The predicted octanol–water partition coefficient (Wildman–Crippen LogP) is 2.90. The summed E-state index contributed by atoms with van der Waals surface area (Å²) in [5.41, 5.74) is 2.09. The van der Waals surface area contributed by atoms with E-state index in [1.165, 1.54) is 0 Å². The van der Waals surface area contributed by atoms with E-state index >= 15 is 0 Å². The minimum atomic E-state index is -0.228. The fourth-order valence-corrected chi connectivity index (χ4v) is 3.13. The van der Waals surface area contributed by atoms with E-state index in [0.717, 1.165) is 42.1 Å². The quantitative estimate of drug-likeness (QED) is 0.871. The van der Waals surface area contributed by atoms with Crippen molar-refractivity contribution in [3.8, 4) is 0 Å². The van der Waals surface area contributed by atoms with Gasteiger partial charge in [-0.25, -0.2) is 0 Å². The highest BCUT2D eigenvalue weighted by atomic mass is 16.5. The van der Waals surface area contributed by atoms with Gasteiger partial charge in [0.1, 0.15) is 6.10 Å². The fraction of sp³-hybridized carbons (Fsp3) is 0.444. The molecule has 114 valence electrons. The molecule has 1 aliphatic heterocycles. The highest BCUT2D eigenvalue weighted by Crippen LogP contribution is 2.31. The highest BCUT2D eigenvalue weighted by Gasteiger charge is 2.37. The third-order valence-electron chi connectivity index (χ3n) is 4.48. The Hall–Kier alpha value is -1.94. The summed E-state index contributed by atoms with van der Waals surface area (Å²) < 4.78 is 5.57. The molecule has 0 unspecified atom stereocenters. The molecule has 1 amide bonds. The van der Waals surface area contributed by atoms with Crippen LogP contribution in [0.5, 0.6) is 0 Å². The standard InChI is InChI=1S/C18H20N2O2/c21-18(17-6-3-9-22-17)20(15-7-8-15)12-13-10-14-4-1-2-5-16(14)19-11-13/h1-2,4-5,10-11,15,17H,3,6-9,12H2/t17-/m0/s1. The number of pyridine rings is 1. The van der Waals surface area contributed by atoms with E-state index in [1.54, 1.807) is 0 Å². The summed E-state index contributed by atoms with van der Waals surface area (Å²) in [5, 5.41) is 1.13. The molecule has 4 rings (SSSR count). The summed E-state index contributed by atoms with van der Waals surface area (Å²) in [5.74, 6) is 0.160. The van der Waals surface area contributed by atoms with Crippen LogP contribution in [0.1, 0.15) is 31.2 Å². The maximum absolute atomic E-state index is 12.7. The van der Waals surface area contributed by atoms with Gasteiger partial charge in [-0.05, 0) is 43.4 Å². The van der Waals surface area contributed by atoms with Crippen LogP contribution in [0.2, 0.25) is 0 Å². The first-order chi connectivity index (χ1) is 10.8. The van der Waals surface area contributed by atoms with Gasteiger partial charge in [-0.2, -0.15) is 0 Å². The third-order valence-corrected chi connectivity index (χ3v) is 4.48. The third kappa shape index (κ3) is 2.71. The molecule has 2 aromatic rings. The summed E-state index contributed by atoms with van der Waals surface area (Å²) in [6.07, 6.45) is 5.73. The fourth-order valence-electron chi connectivity index (χ4n) is 3.13. The van der Waals surface area contributed by atoms with Crippen LogP contribution in [0.25, 0.3) is 10.9 Å². The number of aromatic nitrogens is 1. The lowest BCUT2D eigenvalue weighted by molar-refractivity contribution is -0.142. The van der Waals surface area contributed by atoms with E-state index in [4.69, 9.17) is 4.74 Å². The lowest BCUT2D eigenvalue weighted by atomic mass is 10.1. The normalized spacial score (nSPS) is 21.2. The first-order valence-electron chi connectivity index (χ1n) is 8.07. The topological polar surface area (TPSA) is 42.4 Å². The maximum Gasteiger partial charge on any atom is 0.252 e. The van der Waals surface area contributed by atoms with Crippen LogP contribution in [0.3, 0.4) is 0 Å². The molecule has 4 heteroatoms. The molecule has 0 spiro atoms. The lowest BCUT2D eigenvalue weighted by Crippen LogP contribution is -2.39. The van der Waals surface area contributed by atoms with Gasteiger partial charge in [-0.15, -0.1) is 0 Å². The van der Waals surface area contributed by atoms with Gasteiger partial charge in [0, 0.05) is 30.8 Å². The average Bonchev–Trinajstić information content (AvgIpc) is 3.25. The summed E-state index contributed by atoms with van der Waals surface area (Å²) in [7, 11) is 0. The molecule has 0 N–H and O–H groups in total. The smallest absolute Gasteiger partial charge is 0.252 e. The largest absolute Gasteiger partial charge is 0.368 e. The molecule has 2 fully saturated rings. The second-order valence-electron chi connectivity index (χ2n) is 6.24. The van der Waals surface area contributed by atoms with Crippen LogP contribution < -0.4 is 0 Å². The Morgan fingerprint density at radius 2 is 2.14 bits per heavy atom. The Morgan fingerprint density at radius 3 is 2.91 bits per heavy atom. The second kappa shape index (κ2) is 5.69. The van der Waals surface area contributed by atoms with Crippen molar-refractivity contribution in [1.29, 1.82) is 0 Å². The molecule has 1 saturated carbocycles. The van der Waals surface area contributed by atoms with Crippen molar-refractivity contribution in [2.24, 2.45) is 0 Å². The maximum atomic E-state index is 12.7. The number of hydrogen-bond acceptors (Lipinski definition) is 3. The van der Waals surface area contributed by atoms with E-state index in [2.05, 4.69) is 17.1 Å². The summed E-state index contributed by atoms with van der Waals surface area (Å²) in [6, 6.07) is 10.6. The van der Waals surface area contributed by atoms with Gasteiger partial charge in [-0.3, -0.25) is 9.78 Å². The van der Waals surface area contributed by atoms with Crippen LogP contribution in [-0.4, -0.2) is 34.5 Å².